The number of amides is 1. The molecule has 0 fully saturated rings. The molecule has 5 heteroatoms. The van der Waals surface area contributed by atoms with Crippen LogP contribution in [0.1, 0.15) is 32.8 Å². The van der Waals surface area contributed by atoms with Gasteiger partial charge in [0.2, 0.25) is 0 Å². The van der Waals surface area contributed by atoms with E-state index >= 15 is 0 Å². The van der Waals surface area contributed by atoms with Crippen molar-refractivity contribution in [1.29, 1.82) is 0 Å². The van der Waals surface area contributed by atoms with Crippen molar-refractivity contribution in [2.24, 2.45) is 0 Å². The van der Waals surface area contributed by atoms with Crippen LogP contribution < -0.4 is 4.74 Å². The first kappa shape index (κ1) is 17.0. The minimum Gasteiger partial charge on any atom is -0.481 e. The maximum Gasteiger partial charge on any atom is 0.305 e. The topological polar surface area (TPSA) is 66.8 Å². The van der Waals surface area contributed by atoms with Gasteiger partial charge in [0.15, 0.2) is 6.10 Å². The molecule has 5 nitrogen and oxygen atoms in total. The van der Waals surface area contributed by atoms with E-state index in [0.29, 0.717) is 5.75 Å². The summed E-state index contributed by atoms with van der Waals surface area (Å²) in [5.74, 6) is -0.490. The highest BCUT2D eigenvalue weighted by atomic mass is 16.5. The summed E-state index contributed by atoms with van der Waals surface area (Å²) in [5, 5.41) is 8.76. The number of aliphatic carboxylic acids is 1. The van der Waals surface area contributed by atoms with Gasteiger partial charge in [-0.25, -0.2) is 0 Å². The highest BCUT2D eigenvalue weighted by molar-refractivity contribution is 5.81. The van der Waals surface area contributed by atoms with Crippen LogP contribution in [0.4, 0.5) is 0 Å². The van der Waals surface area contributed by atoms with Gasteiger partial charge in [0.05, 0.1) is 6.42 Å². The van der Waals surface area contributed by atoms with E-state index in [0.717, 1.165) is 5.56 Å². The molecule has 0 spiro atoms. The molecule has 0 saturated carbocycles. The fourth-order valence-corrected chi connectivity index (χ4v) is 1.94. The first-order valence-electron chi connectivity index (χ1n) is 7.07. The average Bonchev–Trinajstić information content (AvgIpc) is 2.40. The minimum absolute atomic E-state index is 0.0683. The van der Waals surface area contributed by atoms with Crippen LogP contribution in [0.5, 0.6) is 5.75 Å². The molecule has 21 heavy (non-hydrogen) atoms. The lowest BCUT2D eigenvalue weighted by atomic mass is 10.2. The number of hydrogen-bond acceptors (Lipinski definition) is 3. The molecule has 0 heterocycles. The van der Waals surface area contributed by atoms with Gasteiger partial charge in [-0.1, -0.05) is 17.7 Å². The molecule has 0 bridgehead atoms. The van der Waals surface area contributed by atoms with Crippen molar-refractivity contribution in [3.8, 4) is 5.75 Å². The van der Waals surface area contributed by atoms with E-state index in [-0.39, 0.29) is 24.9 Å². The molecule has 0 saturated heterocycles. The lowest BCUT2D eigenvalue weighted by Gasteiger charge is -2.29. The second kappa shape index (κ2) is 7.67. The number of carboxylic acid groups (broad SMARTS) is 1. The first-order chi connectivity index (χ1) is 9.81. The third-order valence-corrected chi connectivity index (χ3v) is 3.15. The average molecular weight is 293 g/mol. The van der Waals surface area contributed by atoms with Crippen LogP contribution in [0.3, 0.4) is 0 Å². The molecule has 1 amide bonds. The number of ether oxygens (including phenoxy) is 1. The number of hydrogen-bond donors (Lipinski definition) is 1. The zero-order valence-corrected chi connectivity index (χ0v) is 13.0. The summed E-state index contributed by atoms with van der Waals surface area (Å²) in [4.78, 5) is 24.6. The van der Waals surface area contributed by atoms with E-state index in [9.17, 15) is 9.59 Å². The van der Waals surface area contributed by atoms with Crippen LogP contribution in [0, 0.1) is 6.92 Å². The predicted molar refractivity (Wildman–Crippen MR) is 80.4 cm³/mol. The van der Waals surface area contributed by atoms with Gasteiger partial charge in [0.25, 0.3) is 5.91 Å². The van der Waals surface area contributed by atoms with Crippen LogP contribution in [0.2, 0.25) is 0 Å². The molecular formula is C16H23NO4. The van der Waals surface area contributed by atoms with Crippen molar-refractivity contribution in [1.82, 2.24) is 4.90 Å². The number of carboxylic acids is 1. The summed E-state index contributed by atoms with van der Waals surface area (Å²) in [5.41, 5.74) is 1.12. The van der Waals surface area contributed by atoms with Crippen molar-refractivity contribution in [2.75, 3.05) is 6.54 Å². The Morgan fingerprint density at radius 1 is 1.19 bits per heavy atom. The zero-order chi connectivity index (χ0) is 16.0. The van der Waals surface area contributed by atoms with E-state index in [1.165, 1.54) is 4.90 Å². The second-order valence-electron chi connectivity index (χ2n) is 5.34. The molecule has 0 aliphatic heterocycles. The Labute approximate surface area is 125 Å². The van der Waals surface area contributed by atoms with Gasteiger partial charge in [-0.05, 0) is 39.8 Å². The van der Waals surface area contributed by atoms with Crippen molar-refractivity contribution in [2.45, 2.75) is 46.3 Å². The predicted octanol–water partition coefficient (Wildman–Crippen LogP) is 2.47. The summed E-state index contributed by atoms with van der Waals surface area (Å²) in [6.45, 7) is 7.56. The number of rotatable bonds is 7. The summed E-state index contributed by atoms with van der Waals surface area (Å²) in [7, 11) is 0. The molecule has 1 rings (SSSR count). The Morgan fingerprint density at radius 2 is 1.76 bits per heavy atom. The first-order valence-corrected chi connectivity index (χ1v) is 7.07. The van der Waals surface area contributed by atoms with Gasteiger partial charge in [-0.2, -0.15) is 0 Å². The Hall–Kier alpha value is -2.04. The highest BCUT2D eigenvalue weighted by Crippen LogP contribution is 2.15. The summed E-state index contributed by atoms with van der Waals surface area (Å²) in [6.07, 6.45) is -0.717. The molecule has 0 aliphatic carbocycles. The van der Waals surface area contributed by atoms with Crippen molar-refractivity contribution >= 4 is 11.9 Å². The Bertz CT molecular complexity index is 482. The molecule has 0 aliphatic rings. The highest BCUT2D eigenvalue weighted by Gasteiger charge is 2.24. The van der Waals surface area contributed by atoms with Gasteiger partial charge in [0.1, 0.15) is 5.75 Å². The maximum atomic E-state index is 12.4. The van der Waals surface area contributed by atoms with E-state index < -0.39 is 12.1 Å². The molecule has 1 N–H and O–H groups in total. The van der Waals surface area contributed by atoms with E-state index in [4.69, 9.17) is 9.84 Å². The van der Waals surface area contributed by atoms with Crippen LogP contribution in [-0.4, -0.2) is 40.6 Å². The number of carbonyl (C=O) groups is 2. The largest absolute Gasteiger partial charge is 0.481 e. The Balaban J connectivity index is 2.68. The second-order valence-corrected chi connectivity index (χ2v) is 5.34. The molecule has 116 valence electrons. The minimum atomic E-state index is -0.916. The third-order valence-electron chi connectivity index (χ3n) is 3.15. The standard InChI is InChI=1S/C16H23NO4/c1-11(2)17(10-9-15(18)19)16(20)13(4)21-14-7-5-12(3)6-8-14/h5-8,11,13H,9-10H2,1-4H3,(H,18,19). The third kappa shape index (κ3) is 5.45. The molecule has 0 aromatic heterocycles. The van der Waals surface area contributed by atoms with E-state index in [1.807, 2.05) is 45.0 Å². The van der Waals surface area contributed by atoms with Gasteiger partial charge >= 0.3 is 5.97 Å². The van der Waals surface area contributed by atoms with E-state index in [2.05, 4.69) is 0 Å². The Kier molecular flexibility index (Phi) is 6.21. The fraction of sp³-hybridized carbons (Fsp3) is 0.500. The van der Waals surface area contributed by atoms with Gasteiger partial charge < -0.3 is 14.7 Å². The monoisotopic (exact) mass is 293 g/mol. The van der Waals surface area contributed by atoms with Gasteiger partial charge in [-0.15, -0.1) is 0 Å². The van der Waals surface area contributed by atoms with Crippen LogP contribution in [0.15, 0.2) is 24.3 Å². The molecule has 1 aromatic carbocycles. The smallest absolute Gasteiger partial charge is 0.305 e. The molecule has 1 unspecified atom stereocenters. The van der Waals surface area contributed by atoms with E-state index in [1.54, 1.807) is 6.92 Å². The normalized spacial score (nSPS) is 12.0. The zero-order valence-electron chi connectivity index (χ0n) is 13.0. The SMILES string of the molecule is Cc1ccc(OC(C)C(=O)N(CCC(=O)O)C(C)C)cc1. The Morgan fingerprint density at radius 3 is 2.24 bits per heavy atom. The van der Waals surface area contributed by atoms with Crippen molar-refractivity contribution in [3.63, 3.8) is 0 Å². The quantitative estimate of drug-likeness (QED) is 0.838. The molecule has 0 radical (unpaired) electrons. The number of carbonyl (C=O) groups excluding carboxylic acids is 1. The molecular weight excluding hydrogens is 270 g/mol. The fourth-order valence-electron chi connectivity index (χ4n) is 1.94. The molecule has 1 atom stereocenters. The van der Waals surface area contributed by atoms with Gasteiger partial charge in [0, 0.05) is 12.6 Å². The van der Waals surface area contributed by atoms with Gasteiger partial charge in [-0.3, -0.25) is 9.59 Å². The summed E-state index contributed by atoms with van der Waals surface area (Å²) in [6, 6.07) is 7.39. The maximum absolute atomic E-state index is 12.4. The lowest BCUT2D eigenvalue weighted by molar-refractivity contribution is -0.142. The van der Waals surface area contributed by atoms with Crippen LogP contribution >= 0.6 is 0 Å². The van der Waals surface area contributed by atoms with Crippen molar-refractivity contribution in [3.05, 3.63) is 29.8 Å². The van der Waals surface area contributed by atoms with Crippen molar-refractivity contribution < 1.29 is 19.4 Å². The number of aryl methyl sites for hydroxylation is 1. The number of benzene rings is 1. The lowest BCUT2D eigenvalue weighted by Crippen LogP contribution is -2.45. The summed E-state index contributed by atoms with van der Waals surface area (Å²) >= 11 is 0. The van der Waals surface area contributed by atoms with Crippen LogP contribution in [0.25, 0.3) is 0 Å². The molecule has 1 aromatic rings. The summed E-state index contributed by atoms with van der Waals surface area (Å²) < 4.78 is 5.63. The number of nitrogens with zero attached hydrogens (tertiary/aromatic N) is 1. The van der Waals surface area contributed by atoms with Crippen LogP contribution in [-0.2, 0) is 9.59 Å².